The van der Waals surface area contributed by atoms with E-state index in [1.165, 1.54) is 0 Å². The Bertz CT molecular complexity index is 505. The van der Waals surface area contributed by atoms with Gasteiger partial charge in [0.05, 0.1) is 24.7 Å². The summed E-state index contributed by atoms with van der Waals surface area (Å²) in [6.07, 6.45) is 9.03. The summed E-state index contributed by atoms with van der Waals surface area (Å²) < 4.78 is 21.5. The van der Waals surface area contributed by atoms with E-state index in [0.717, 1.165) is 60.2 Å². The molecule has 0 saturated heterocycles. The van der Waals surface area contributed by atoms with Crippen LogP contribution in [0.2, 0.25) is 8.87 Å². The molecule has 0 unspecified atom stereocenters. The first-order valence-electron chi connectivity index (χ1n) is 13.4. The zero-order chi connectivity index (χ0) is 28.6. The van der Waals surface area contributed by atoms with E-state index >= 15 is 0 Å². The molecule has 0 amide bonds. The summed E-state index contributed by atoms with van der Waals surface area (Å²) in [7, 11) is 0. The summed E-state index contributed by atoms with van der Waals surface area (Å²) in [5.74, 6) is -0.258. The molecule has 2 radical (unpaired) electrons. The van der Waals surface area contributed by atoms with Gasteiger partial charge in [-0.15, -0.1) is 0 Å². The molecule has 11 heteroatoms. The van der Waals surface area contributed by atoms with Crippen molar-refractivity contribution < 1.29 is 38.1 Å². The van der Waals surface area contributed by atoms with Crippen LogP contribution in [0.4, 0.5) is 0 Å². The monoisotopic (exact) mass is 674 g/mol. The molecule has 0 aliphatic rings. The number of rotatable bonds is 20. The first kappa shape index (κ1) is 40.9. The van der Waals surface area contributed by atoms with Gasteiger partial charge in [-0.2, -0.15) is 25.3 Å². The van der Waals surface area contributed by atoms with Crippen LogP contribution in [0.5, 0.6) is 0 Å². The number of ether oxygens (including phenoxy) is 4. The average Bonchev–Trinajstić information content (AvgIpc) is 2.89. The molecule has 218 valence electrons. The van der Waals surface area contributed by atoms with Gasteiger partial charge < -0.3 is 9.47 Å². The molecule has 0 N–H and O–H groups in total. The molecule has 0 aliphatic carbocycles. The molecule has 37 heavy (non-hydrogen) atoms. The van der Waals surface area contributed by atoms with E-state index in [9.17, 15) is 19.2 Å². The predicted molar refractivity (Wildman–Crippen MR) is 156 cm³/mol. The van der Waals surface area contributed by atoms with Crippen molar-refractivity contribution in [2.45, 2.75) is 101 Å². The van der Waals surface area contributed by atoms with Gasteiger partial charge in [-0.1, -0.05) is 26.7 Å². The molecule has 0 aromatic carbocycles. The summed E-state index contributed by atoms with van der Waals surface area (Å²) in [5.41, 5.74) is 0. The third-order valence-electron chi connectivity index (χ3n) is 4.31. The van der Waals surface area contributed by atoms with Gasteiger partial charge in [-0.3, -0.25) is 9.59 Å². The van der Waals surface area contributed by atoms with Gasteiger partial charge in [-0.05, 0) is 12.8 Å². The molecule has 0 atom stereocenters. The van der Waals surface area contributed by atoms with Crippen LogP contribution in [0, 0.1) is 0 Å². The topological polar surface area (TPSA) is 105 Å². The van der Waals surface area contributed by atoms with Crippen molar-refractivity contribution in [3.05, 3.63) is 0 Å². The van der Waals surface area contributed by atoms with Crippen LogP contribution in [0.1, 0.15) is 91.9 Å². The summed E-state index contributed by atoms with van der Waals surface area (Å²) in [4.78, 5) is 43.4. The second kappa shape index (κ2) is 35.4. The number of esters is 4. The number of hydrogen-bond acceptors (Lipinski definition) is 10. The van der Waals surface area contributed by atoms with Gasteiger partial charge in [-0.25, -0.2) is 0 Å². The fourth-order valence-corrected chi connectivity index (χ4v) is 5.13. The SMILES string of the molecule is CCCCOC(=O)CS.CCCCOC(=O)CS.CCCCOC(=O)C[CH2][Sn][CH2]CC(=O)OCCCC. The van der Waals surface area contributed by atoms with Crippen molar-refractivity contribution in [1.82, 2.24) is 0 Å². The fraction of sp³-hybridized carbons (Fsp3) is 0.846. The van der Waals surface area contributed by atoms with Gasteiger partial charge in [0.25, 0.3) is 0 Å². The number of carbonyl (C=O) groups excluding carboxylic acids is 4. The Morgan fingerprint density at radius 3 is 1.03 bits per heavy atom. The molecule has 0 rings (SSSR count). The third-order valence-corrected chi connectivity index (χ3v) is 8.28. The minimum atomic E-state index is -0.602. The number of unbranched alkanes of at least 4 members (excludes halogenated alkanes) is 4. The van der Waals surface area contributed by atoms with Crippen LogP contribution in [-0.4, -0.2) is 83.0 Å². The molecule has 0 aliphatic heterocycles. The molecule has 0 aromatic heterocycles. The van der Waals surface area contributed by atoms with Crippen LogP contribution < -0.4 is 0 Å². The average molecular weight is 674 g/mol. The first-order chi connectivity index (χ1) is 17.8. The van der Waals surface area contributed by atoms with E-state index < -0.39 is 21.1 Å². The molecule has 0 saturated carbocycles. The zero-order valence-corrected chi connectivity index (χ0v) is 28.0. The van der Waals surface area contributed by atoms with Crippen molar-refractivity contribution in [1.29, 1.82) is 0 Å². The third kappa shape index (κ3) is 40.0. The van der Waals surface area contributed by atoms with E-state index in [4.69, 9.17) is 18.9 Å². The van der Waals surface area contributed by atoms with Crippen LogP contribution in [0.3, 0.4) is 0 Å². The standard InChI is InChI=1S/2C7H13O2.2C6H12O2S.Sn/c2*1-3-5-6-9-7(8)4-2;2*1-2-3-4-8-6(7)5-9;/h2*2-6H2,1H3;2*9H,2-5H2,1H3;. The molecule has 0 heterocycles. The predicted octanol–water partition coefficient (Wildman–Crippen LogP) is 5.51. The Morgan fingerprint density at radius 2 is 0.784 bits per heavy atom. The molecule has 0 aromatic rings. The Balaban J connectivity index is -0.000000534. The first-order valence-corrected chi connectivity index (χ1v) is 18.7. The van der Waals surface area contributed by atoms with Gasteiger partial charge in [0.15, 0.2) is 0 Å². The Labute approximate surface area is 246 Å². The summed E-state index contributed by atoms with van der Waals surface area (Å²) in [6, 6.07) is 0. The van der Waals surface area contributed by atoms with E-state index in [-0.39, 0.29) is 35.4 Å². The van der Waals surface area contributed by atoms with Crippen LogP contribution in [-0.2, 0) is 38.1 Å². The van der Waals surface area contributed by atoms with Crippen LogP contribution in [0.25, 0.3) is 0 Å². The van der Waals surface area contributed by atoms with Crippen molar-refractivity contribution in [3.63, 3.8) is 0 Å². The second-order valence-corrected chi connectivity index (χ2v) is 12.8. The molecule has 0 bridgehead atoms. The van der Waals surface area contributed by atoms with Crippen LogP contribution in [0.15, 0.2) is 0 Å². The Hall–Kier alpha value is -0.621. The second-order valence-electron chi connectivity index (χ2n) is 7.86. The fourth-order valence-electron chi connectivity index (χ4n) is 2.06. The molecular formula is C26H50O8S2Sn. The maximum absolute atomic E-state index is 11.3. The Kier molecular flexibility index (Phi) is 39.1. The van der Waals surface area contributed by atoms with Crippen LogP contribution >= 0.6 is 25.3 Å². The number of carbonyl (C=O) groups is 4. The van der Waals surface area contributed by atoms with E-state index in [1.54, 1.807) is 0 Å². The van der Waals surface area contributed by atoms with Gasteiger partial charge in [0.2, 0.25) is 0 Å². The van der Waals surface area contributed by atoms with E-state index in [0.29, 0.717) is 39.3 Å². The van der Waals surface area contributed by atoms with Crippen molar-refractivity contribution in [2.75, 3.05) is 37.9 Å². The normalized spacial score (nSPS) is 9.68. The summed E-state index contributed by atoms with van der Waals surface area (Å²) in [6.45, 7) is 10.4. The van der Waals surface area contributed by atoms with E-state index in [1.807, 2.05) is 0 Å². The zero-order valence-electron chi connectivity index (χ0n) is 23.4. The van der Waals surface area contributed by atoms with Gasteiger partial charge >= 0.3 is 139 Å². The molecular weight excluding hydrogens is 623 g/mol. The molecule has 8 nitrogen and oxygen atoms in total. The molecule has 0 spiro atoms. The maximum atomic E-state index is 11.3. The van der Waals surface area contributed by atoms with Crippen molar-refractivity contribution >= 4 is 70.3 Å². The number of thiol groups is 2. The Morgan fingerprint density at radius 1 is 0.514 bits per heavy atom. The number of hydrogen-bond donors (Lipinski definition) is 2. The van der Waals surface area contributed by atoms with Crippen molar-refractivity contribution in [3.8, 4) is 0 Å². The molecule has 0 fully saturated rings. The van der Waals surface area contributed by atoms with Gasteiger partial charge in [0.1, 0.15) is 0 Å². The van der Waals surface area contributed by atoms with Gasteiger partial charge in [0, 0.05) is 0 Å². The van der Waals surface area contributed by atoms with E-state index in [2.05, 4.69) is 53.0 Å². The summed E-state index contributed by atoms with van der Waals surface area (Å²) >= 11 is 6.88. The van der Waals surface area contributed by atoms with Crippen molar-refractivity contribution in [2.24, 2.45) is 0 Å². The summed E-state index contributed by atoms with van der Waals surface area (Å²) in [5, 5.41) is 0. The minimum absolute atomic E-state index is 0.0835. The quantitative estimate of drug-likeness (QED) is 0.0574.